The Morgan fingerprint density at radius 2 is 1.40 bits per heavy atom. The minimum absolute atomic E-state index is 0.00480. The van der Waals surface area contributed by atoms with Crippen LogP contribution in [0.3, 0.4) is 0 Å². The lowest BCUT2D eigenvalue weighted by Crippen LogP contribution is -2.55. The van der Waals surface area contributed by atoms with Gasteiger partial charge in [-0.3, -0.25) is 0 Å². The fraction of sp³-hybridized carbons (Fsp3) is 0.467. The van der Waals surface area contributed by atoms with Crippen molar-refractivity contribution in [3.8, 4) is 11.5 Å². The maximum Gasteiger partial charge on any atom is 0.115 e. The third-order valence-electron chi connectivity index (χ3n) is 9.05. The van der Waals surface area contributed by atoms with Crippen LogP contribution >= 0.6 is 0 Å². The lowest BCUT2D eigenvalue weighted by Gasteiger charge is -2.53. The van der Waals surface area contributed by atoms with E-state index in [1.165, 1.54) is 5.57 Å². The monoisotopic (exact) mass is 474 g/mol. The first-order chi connectivity index (χ1) is 16.7. The van der Waals surface area contributed by atoms with Gasteiger partial charge in [-0.1, -0.05) is 75.8 Å². The van der Waals surface area contributed by atoms with E-state index in [-0.39, 0.29) is 58.1 Å². The zero-order valence-electron chi connectivity index (χ0n) is 20.8. The van der Waals surface area contributed by atoms with Crippen LogP contribution in [0, 0.1) is 11.3 Å². The predicted octanol–water partition coefficient (Wildman–Crippen LogP) is 5.02. The lowest BCUT2D eigenvalue weighted by atomic mass is 9.48. The van der Waals surface area contributed by atoms with Crippen molar-refractivity contribution < 1.29 is 24.4 Å². The predicted molar refractivity (Wildman–Crippen MR) is 134 cm³/mol. The molecule has 184 valence electrons. The molecule has 0 bridgehead atoms. The van der Waals surface area contributed by atoms with Gasteiger partial charge in [-0.05, 0) is 35.4 Å². The maximum atomic E-state index is 9.98. The summed E-state index contributed by atoms with van der Waals surface area (Å²) in [6.45, 7) is 10.3. The number of rotatable bonds is 4. The third kappa shape index (κ3) is 3.40. The number of fused-ring (bicyclic) bond motifs is 5. The number of phenolic OH excluding ortho intramolecular Hbond substituents is 2. The molecule has 2 aromatic rings. The Morgan fingerprint density at radius 1 is 0.800 bits per heavy atom. The van der Waals surface area contributed by atoms with Gasteiger partial charge in [-0.25, -0.2) is 0 Å². The van der Waals surface area contributed by atoms with Crippen LogP contribution in [-0.4, -0.2) is 47.8 Å². The average molecular weight is 475 g/mol. The molecule has 5 nitrogen and oxygen atoms in total. The van der Waals surface area contributed by atoms with Crippen LogP contribution in [0.1, 0.15) is 38.8 Å². The lowest BCUT2D eigenvalue weighted by molar-refractivity contribution is 0.0672. The van der Waals surface area contributed by atoms with E-state index in [4.69, 9.17) is 14.2 Å². The van der Waals surface area contributed by atoms with E-state index in [1.807, 2.05) is 24.3 Å². The minimum Gasteiger partial charge on any atom is -0.508 e. The summed E-state index contributed by atoms with van der Waals surface area (Å²) >= 11 is 0. The van der Waals surface area contributed by atoms with Gasteiger partial charge >= 0.3 is 0 Å². The van der Waals surface area contributed by atoms with Crippen molar-refractivity contribution in [2.24, 2.45) is 11.3 Å². The van der Waals surface area contributed by atoms with Gasteiger partial charge in [0.2, 0.25) is 0 Å². The van der Waals surface area contributed by atoms with Crippen molar-refractivity contribution >= 4 is 0 Å². The van der Waals surface area contributed by atoms with Crippen molar-refractivity contribution in [1.29, 1.82) is 0 Å². The molecular weight excluding hydrogens is 440 g/mol. The van der Waals surface area contributed by atoms with Crippen LogP contribution in [-0.2, 0) is 25.0 Å². The summed E-state index contributed by atoms with van der Waals surface area (Å²) < 4.78 is 18.8. The van der Waals surface area contributed by atoms with Gasteiger partial charge in [-0.15, -0.1) is 0 Å². The van der Waals surface area contributed by atoms with Gasteiger partial charge in [0.25, 0.3) is 0 Å². The molecule has 0 aromatic heterocycles. The first kappa shape index (κ1) is 22.8. The van der Waals surface area contributed by atoms with Gasteiger partial charge in [0, 0.05) is 22.2 Å². The topological polar surface area (TPSA) is 74.8 Å². The van der Waals surface area contributed by atoms with E-state index in [0.717, 1.165) is 11.1 Å². The fourth-order valence-electron chi connectivity index (χ4n) is 6.79. The average Bonchev–Trinajstić information content (AvgIpc) is 3.76. The minimum atomic E-state index is -0.375. The highest BCUT2D eigenvalue weighted by atomic mass is 16.6. The van der Waals surface area contributed by atoms with Crippen LogP contribution in [0.5, 0.6) is 11.5 Å². The summed E-state index contributed by atoms with van der Waals surface area (Å²) in [5.41, 5.74) is 2.61. The fourth-order valence-corrected chi connectivity index (χ4v) is 6.79. The van der Waals surface area contributed by atoms with Crippen molar-refractivity contribution in [3.63, 3.8) is 0 Å². The van der Waals surface area contributed by atoms with Crippen LogP contribution in [0.4, 0.5) is 0 Å². The number of hydrogen-bond donors (Lipinski definition) is 2. The normalized spacial score (nSPS) is 33.8. The molecule has 6 atom stereocenters. The highest BCUT2D eigenvalue weighted by Crippen LogP contribution is 2.65. The molecule has 3 fully saturated rings. The molecule has 3 aliphatic heterocycles. The first-order valence-electron chi connectivity index (χ1n) is 12.5. The largest absolute Gasteiger partial charge is 0.508 e. The highest BCUT2D eigenvalue weighted by Gasteiger charge is 2.70. The molecule has 6 unspecified atom stereocenters. The molecule has 2 N–H and O–H groups in total. The second-order valence-corrected chi connectivity index (χ2v) is 11.5. The molecule has 2 aromatic carbocycles. The second-order valence-electron chi connectivity index (χ2n) is 11.5. The van der Waals surface area contributed by atoms with Crippen LogP contribution in [0.25, 0.3) is 0 Å². The van der Waals surface area contributed by atoms with E-state index in [1.54, 1.807) is 24.3 Å². The smallest absolute Gasteiger partial charge is 0.115 e. The van der Waals surface area contributed by atoms with E-state index in [0.29, 0.717) is 13.2 Å². The first-order valence-corrected chi connectivity index (χ1v) is 12.5. The number of phenols is 2. The Hall–Kier alpha value is -2.60. The number of ether oxygens (including phenoxy) is 3. The van der Waals surface area contributed by atoms with Gasteiger partial charge in [0.05, 0.1) is 25.4 Å². The number of aromatic hydroxyl groups is 2. The van der Waals surface area contributed by atoms with Crippen LogP contribution in [0.2, 0.25) is 0 Å². The molecule has 6 rings (SSSR count). The third-order valence-corrected chi connectivity index (χ3v) is 9.05. The quantitative estimate of drug-likeness (QED) is 0.609. The molecule has 35 heavy (non-hydrogen) atoms. The number of hydrogen-bond acceptors (Lipinski definition) is 5. The Bertz CT molecular complexity index is 1180. The summed E-state index contributed by atoms with van der Waals surface area (Å²) in [6.07, 6.45) is 6.96. The van der Waals surface area contributed by atoms with Crippen LogP contribution in [0.15, 0.2) is 72.3 Å². The molecule has 0 radical (unpaired) electrons. The molecule has 3 saturated heterocycles. The molecule has 0 amide bonds. The van der Waals surface area contributed by atoms with Gasteiger partial charge in [0.15, 0.2) is 0 Å². The van der Waals surface area contributed by atoms with Crippen molar-refractivity contribution in [3.05, 3.63) is 83.5 Å². The zero-order valence-corrected chi connectivity index (χ0v) is 20.8. The summed E-state index contributed by atoms with van der Waals surface area (Å²) in [7, 11) is 0. The van der Waals surface area contributed by atoms with Crippen molar-refractivity contribution in [2.45, 2.75) is 62.9 Å². The van der Waals surface area contributed by atoms with E-state index < -0.39 is 0 Å². The van der Waals surface area contributed by atoms with Gasteiger partial charge < -0.3 is 24.4 Å². The summed E-state index contributed by atoms with van der Waals surface area (Å²) in [5, 5.41) is 19.9. The summed E-state index contributed by atoms with van der Waals surface area (Å²) in [4.78, 5) is 0. The molecule has 1 aliphatic carbocycles. The Morgan fingerprint density at radius 3 is 2.06 bits per heavy atom. The zero-order chi connectivity index (χ0) is 24.6. The van der Waals surface area contributed by atoms with E-state index in [9.17, 15) is 10.2 Å². The van der Waals surface area contributed by atoms with E-state index in [2.05, 4.69) is 45.9 Å². The molecule has 4 aliphatic rings. The Labute approximate surface area is 207 Å². The van der Waals surface area contributed by atoms with Gasteiger partial charge in [-0.2, -0.15) is 0 Å². The molecule has 3 heterocycles. The van der Waals surface area contributed by atoms with Gasteiger partial charge in [0.1, 0.15) is 23.7 Å². The van der Waals surface area contributed by atoms with Crippen molar-refractivity contribution in [2.75, 3.05) is 13.2 Å². The van der Waals surface area contributed by atoms with Crippen LogP contribution < -0.4 is 0 Å². The molecular formula is C30H34O5. The summed E-state index contributed by atoms with van der Waals surface area (Å²) in [5.74, 6) is 0.604. The Balaban J connectivity index is 1.53. The second kappa shape index (κ2) is 7.70. The SMILES string of the molecule is CC(C)(C1=CC=CC2(C(C)(C)c3ccc(O)cc3)C3OC3COCC3OC3C12)c1ccc(O)cc1. The highest BCUT2D eigenvalue weighted by molar-refractivity contribution is 5.48. The Kier molecular flexibility index (Phi) is 5.02. The molecule has 5 heteroatoms. The number of epoxide rings is 2. The number of allylic oxidation sites excluding steroid dienone is 2. The molecule has 0 saturated carbocycles. The van der Waals surface area contributed by atoms with Crippen molar-refractivity contribution in [1.82, 2.24) is 0 Å². The van der Waals surface area contributed by atoms with E-state index >= 15 is 0 Å². The summed E-state index contributed by atoms with van der Waals surface area (Å²) in [6, 6.07) is 15.2. The standard InChI is InChI=1S/C30H34O5/c1-28(2,18-7-11-20(31)12-8-18)22-6-5-15-30(29(3,4)19-9-13-21(32)14-10-19)25(22)26-23(34-26)16-33-17-24-27(30)35-24/h5-15,23-27,31-32H,16-17H2,1-4H3. The maximum absolute atomic E-state index is 9.98. The molecule has 0 spiro atoms. The number of benzene rings is 2.